The fraction of sp³-hybridized carbons (Fsp3) is 0.636. The number of rotatable bonds is 3. The quantitative estimate of drug-likeness (QED) is 0.508. The molecule has 0 saturated carbocycles. The zero-order valence-corrected chi connectivity index (χ0v) is 10.3. The topological polar surface area (TPSA) is 124 Å². The first-order valence-electron chi connectivity index (χ1n) is 5.29. The highest BCUT2D eigenvalue weighted by atomic mass is 16.6. The van der Waals surface area contributed by atoms with Gasteiger partial charge < -0.3 is 25.2 Å². The number of ketones is 1. The smallest absolute Gasteiger partial charge is 0.378 e. The number of carbonyl (C=O) groups is 2. The predicted octanol–water partition coefficient (Wildman–Crippen LogP) is -0.422. The van der Waals surface area contributed by atoms with Gasteiger partial charge in [0.2, 0.25) is 5.76 Å². The summed E-state index contributed by atoms with van der Waals surface area (Å²) in [6.45, 7) is 3.53. The van der Waals surface area contributed by atoms with Crippen LogP contribution in [0.4, 0.5) is 0 Å². The molecule has 0 aromatic carbocycles. The third-order valence-electron chi connectivity index (χ3n) is 2.68. The Morgan fingerprint density at radius 3 is 2.17 bits per heavy atom. The van der Waals surface area contributed by atoms with Crippen molar-refractivity contribution in [1.82, 2.24) is 0 Å². The Kier molecular flexibility index (Phi) is 3.42. The standard InChI is InChI=1S/C11H16O7/c1-10(2,3)9(17)11(5(13)4-12)7(15)6(14)8(16)18-11/h5,12-15H,4H2,1-3H3/t5-,11+/m0/s1. The minimum absolute atomic E-state index is 0.827. The Balaban J connectivity index is 3.41. The van der Waals surface area contributed by atoms with E-state index in [9.17, 15) is 24.9 Å². The second-order valence-corrected chi connectivity index (χ2v) is 5.10. The van der Waals surface area contributed by atoms with Gasteiger partial charge in [0, 0.05) is 5.41 Å². The van der Waals surface area contributed by atoms with Crippen LogP contribution in [0.1, 0.15) is 20.8 Å². The Morgan fingerprint density at radius 2 is 1.89 bits per heavy atom. The van der Waals surface area contributed by atoms with Gasteiger partial charge in [-0.05, 0) is 0 Å². The van der Waals surface area contributed by atoms with E-state index in [2.05, 4.69) is 4.74 Å². The van der Waals surface area contributed by atoms with Crippen molar-refractivity contribution in [2.24, 2.45) is 5.41 Å². The molecule has 0 bridgehead atoms. The minimum atomic E-state index is -2.45. The van der Waals surface area contributed by atoms with E-state index in [1.54, 1.807) is 0 Å². The molecule has 1 aliphatic rings. The van der Waals surface area contributed by atoms with Crippen molar-refractivity contribution in [1.29, 1.82) is 0 Å². The number of carbonyl (C=O) groups excluding carboxylic acids is 2. The average Bonchev–Trinajstić information content (AvgIpc) is 2.51. The van der Waals surface area contributed by atoms with Gasteiger partial charge in [0.25, 0.3) is 5.60 Å². The molecular weight excluding hydrogens is 244 g/mol. The van der Waals surface area contributed by atoms with E-state index in [1.165, 1.54) is 20.8 Å². The van der Waals surface area contributed by atoms with Crippen LogP contribution in [0.25, 0.3) is 0 Å². The molecule has 4 N–H and O–H groups in total. The third kappa shape index (κ3) is 1.85. The number of aliphatic hydroxyl groups is 4. The van der Waals surface area contributed by atoms with Crippen molar-refractivity contribution in [3.63, 3.8) is 0 Å². The Morgan fingerprint density at radius 1 is 1.39 bits per heavy atom. The maximum absolute atomic E-state index is 12.2. The first-order chi connectivity index (χ1) is 8.09. The van der Waals surface area contributed by atoms with Crippen molar-refractivity contribution in [3.05, 3.63) is 11.5 Å². The van der Waals surface area contributed by atoms with Gasteiger partial charge in [-0.1, -0.05) is 20.8 Å². The molecule has 7 nitrogen and oxygen atoms in total. The fourth-order valence-corrected chi connectivity index (χ4v) is 1.73. The summed E-state index contributed by atoms with van der Waals surface area (Å²) in [5.74, 6) is -4.36. The number of aliphatic hydroxyl groups excluding tert-OH is 4. The number of esters is 1. The average molecular weight is 260 g/mol. The van der Waals surface area contributed by atoms with E-state index in [1.807, 2.05) is 0 Å². The number of ether oxygens (including phenoxy) is 1. The van der Waals surface area contributed by atoms with E-state index in [4.69, 9.17) is 5.11 Å². The summed E-state index contributed by atoms with van der Waals surface area (Å²) in [7, 11) is 0. The lowest BCUT2D eigenvalue weighted by Gasteiger charge is -2.34. The van der Waals surface area contributed by atoms with Gasteiger partial charge in [0.1, 0.15) is 6.10 Å². The van der Waals surface area contributed by atoms with Crippen molar-refractivity contribution >= 4 is 11.8 Å². The summed E-state index contributed by atoms with van der Waals surface area (Å²) in [5, 5.41) is 37.6. The fourth-order valence-electron chi connectivity index (χ4n) is 1.73. The van der Waals surface area contributed by atoms with Crippen molar-refractivity contribution in [2.75, 3.05) is 6.61 Å². The zero-order chi connectivity index (χ0) is 14.3. The Bertz CT molecular complexity index is 418. The first-order valence-corrected chi connectivity index (χ1v) is 5.29. The normalized spacial score (nSPS) is 26.2. The molecule has 0 unspecified atom stereocenters. The van der Waals surface area contributed by atoms with Crippen molar-refractivity contribution in [3.8, 4) is 0 Å². The lowest BCUT2D eigenvalue weighted by atomic mass is 9.76. The molecule has 0 radical (unpaired) electrons. The SMILES string of the molecule is CC(C)(C)C(=O)[C@]1([C@@H](O)CO)OC(=O)C(O)=C1O. The van der Waals surface area contributed by atoms with E-state index < -0.39 is 47.0 Å². The monoisotopic (exact) mass is 260 g/mol. The molecule has 0 aliphatic carbocycles. The summed E-state index contributed by atoms with van der Waals surface area (Å²) in [5.41, 5.74) is -3.52. The van der Waals surface area contributed by atoms with Crippen LogP contribution < -0.4 is 0 Å². The van der Waals surface area contributed by atoms with Crippen LogP contribution >= 0.6 is 0 Å². The molecule has 1 heterocycles. The maximum Gasteiger partial charge on any atom is 0.378 e. The van der Waals surface area contributed by atoms with E-state index >= 15 is 0 Å². The molecule has 2 atom stereocenters. The second kappa shape index (κ2) is 4.25. The van der Waals surface area contributed by atoms with Crippen LogP contribution in [0.5, 0.6) is 0 Å². The largest absolute Gasteiger partial charge is 0.505 e. The van der Waals surface area contributed by atoms with Gasteiger partial charge >= 0.3 is 5.97 Å². The van der Waals surface area contributed by atoms with Gasteiger partial charge in [-0.15, -0.1) is 0 Å². The highest BCUT2D eigenvalue weighted by Crippen LogP contribution is 2.39. The maximum atomic E-state index is 12.2. The Hall–Kier alpha value is -1.60. The summed E-state index contributed by atoms with van der Waals surface area (Å²) >= 11 is 0. The van der Waals surface area contributed by atoms with Gasteiger partial charge in [0.15, 0.2) is 11.5 Å². The van der Waals surface area contributed by atoms with Gasteiger partial charge in [-0.3, -0.25) is 4.79 Å². The van der Waals surface area contributed by atoms with E-state index in [0.717, 1.165) is 0 Å². The molecular formula is C11H16O7. The molecule has 0 aromatic rings. The van der Waals surface area contributed by atoms with Crippen LogP contribution in [-0.4, -0.2) is 50.5 Å². The molecule has 0 spiro atoms. The molecule has 7 heteroatoms. The van der Waals surface area contributed by atoms with Gasteiger partial charge in [-0.25, -0.2) is 4.79 Å². The molecule has 0 saturated heterocycles. The summed E-state index contributed by atoms with van der Waals surface area (Å²) in [4.78, 5) is 23.5. The van der Waals surface area contributed by atoms with Crippen molar-refractivity contribution in [2.45, 2.75) is 32.5 Å². The third-order valence-corrected chi connectivity index (χ3v) is 2.68. The molecule has 1 rings (SSSR count). The van der Waals surface area contributed by atoms with Crippen LogP contribution in [0.2, 0.25) is 0 Å². The first kappa shape index (κ1) is 14.5. The summed E-state index contributed by atoms with van der Waals surface area (Å²) in [6.07, 6.45) is -1.86. The predicted molar refractivity (Wildman–Crippen MR) is 58.7 cm³/mol. The summed E-state index contributed by atoms with van der Waals surface area (Å²) < 4.78 is 4.64. The zero-order valence-electron chi connectivity index (χ0n) is 10.3. The number of hydrogen-bond acceptors (Lipinski definition) is 7. The van der Waals surface area contributed by atoms with E-state index in [-0.39, 0.29) is 0 Å². The van der Waals surface area contributed by atoms with Gasteiger partial charge in [0.05, 0.1) is 6.61 Å². The van der Waals surface area contributed by atoms with Crippen LogP contribution in [-0.2, 0) is 14.3 Å². The molecule has 0 aromatic heterocycles. The lowest BCUT2D eigenvalue weighted by Crippen LogP contribution is -2.57. The molecule has 18 heavy (non-hydrogen) atoms. The van der Waals surface area contributed by atoms with Crippen molar-refractivity contribution < 1.29 is 34.8 Å². The molecule has 0 amide bonds. The highest BCUT2D eigenvalue weighted by molar-refractivity contribution is 6.03. The second-order valence-electron chi connectivity index (χ2n) is 5.10. The number of cyclic esters (lactones) is 1. The van der Waals surface area contributed by atoms with E-state index in [0.29, 0.717) is 0 Å². The number of hydrogen-bond donors (Lipinski definition) is 4. The number of Topliss-reactive ketones (excluding diaryl/α,β-unsaturated/α-hetero) is 1. The summed E-state index contributed by atoms with van der Waals surface area (Å²) in [6, 6.07) is 0. The molecule has 0 fully saturated rings. The van der Waals surface area contributed by atoms with Gasteiger partial charge in [-0.2, -0.15) is 0 Å². The van der Waals surface area contributed by atoms with Crippen LogP contribution in [0, 0.1) is 5.41 Å². The highest BCUT2D eigenvalue weighted by Gasteiger charge is 2.61. The lowest BCUT2D eigenvalue weighted by molar-refractivity contribution is -0.177. The molecule has 1 aliphatic heterocycles. The Labute approximate surface area is 103 Å². The van der Waals surface area contributed by atoms with Crippen LogP contribution in [0.3, 0.4) is 0 Å². The van der Waals surface area contributed by atoms with Crippen LogP contribution in [0.15, 0.2) is 11.5 Å². The molecule has 102 valence electrons. The minimum Gasteiger partial charge on any atom is -0.505 e.